The van der Waals surface area contributed by atoms with E-state index in [0.717, 1.165) is 0 Å². The SMILES string of the molecule is O=C(CC(=O)N1CCCC(C(=O)O)C1)c1ccccc1. The van der Waals surface area contributed by atoms with E-state index in [0.29, 0.717) is 24.9 Å². The van der Waals surface area contributed by atoms with E-state index in [-0.39, 0.29) is 24.7 Å². The molecule has 0 aliphatic carbocycles. The Bertz CT molecular complexity index is 512. The van der Waals surface area contributed by atoms with Crippen molar-refractivity contribution in [2.24, 2.45) is 5.92 Å². The quantitative estimate of drug-likeness (QED) is 0.668. The molecule has 1 aromatic carbocycles. The molecule has 1 aromatic rings. The third-order valence-electron chi connectivity index (χ3n) is 3.53. The molecule has 20 heavy (non-hydrogen) atoms. The molecule has 1 N–H and O–H groups in total. The first-order valence-corrected chi connectivity index (χ1v) is 6.67. The van der Waals surface area contributed by atoms with Gasteiger partial charge < -0.3 is 10.0 Å². The molecule has 1 aliphatic rings. The van der Waals surface area contributed by atoms with Crippen LogP contribution in [0.1, 0.15) is 29.6 Å². The Morgan fingerprint density at radius 1 is 1.20 bits per heavy atom. The minimum atomic E-state index is -0.878. The van der Waals surface area contributed by atoms with Crippen LogP contribution in [0, 0.1) is 5.92 Å². The Kier molecular flexibility index (Phi) is 4.50. The number of piperidine rings is 1. The molecule has 0 saturated carbocycles. The number of carbonyl (C=O) groups excluding carboxylic acids is 2. The maximum Gasteiger partial charge on any atom is 0.308 e. The number of ketones is 1. The summed E-state index contributed by atoms with van der Waals surface area (Å²) in [4.78, 5) is 36.5. The average molecular weight is 275 g/mol. The minimum absolute atomic E-state index is 0.198. The molecular formula is C15H17NO4. The van der Waals surface area contributed by atoms with Crippen LogP contribution in [-0.4, -0.2) is 40.8 Å². The summed E-state index contributed by atoms with van der Waals surface area (Å²) in [6, 6.07) is 8.65. The number of rotatable bonds is 4. The number of hydrogen-bond acceptors (Lipinski definition) is 3. The smallest absolute Gasteiger partial charge is 0.308 e. The zero-order valence-electron chi connectivity index (χ0n) is 11.1. The van der Waals surface area contributed by atoms with E-state index >= 15 is 0 Å². The summed E-state index contributed by atoms with van der Waals surface area (Å²) in [6.45, 7) is 0.737. The van der Waals surface area contributed by atoms with Crippen molar-refractivity contribution in [1.29, 1.82) is 0 Å². The van der Waals surface area contributed by atoms with Crippen molar-refractivity contribution in [3.8, 4) is 0 Å². The van der Waals surface area contributed by atoms with Crippen LogP contribution >= 0.6 is 0 Å². The van der Waals surface area contributed by atoms with Crippen molar-refractivity contribution in [3.05, 3.63) is 35.9 Å². The summed E-state index contributed by atoms with van der Waals surface area (Å²) in [5.41, 5.74) is 0.507. The summed E-state index contributed by atoms with van der Waals surface area (Å²) in [7, 11) is 0. The number of Topliss-reactive ketones (excluding diaryl/α,β-unsaturated/α-hetero) is 1. The Hall–Kier alpha value is -2.17. The van der Waals surface area contributed by atoms with Gasteiger partial charge in [-0.15, -0.1) is 0 Å². The minimum Gasteiger partial charge on any atom is -0.481 e. The van der Waals surface area contributed by atoms with E-state index in [9.17, 15) is 14.4 Å². The van der Waals surface area contributed by atoms with Gasteiger partial charge in [0.2, 0.25) is 5.91 Å². The fourth-order valence-electron chi connectivity index (χ4n) is 2.38. The first-order chi connectivity index (χ1) is 9.58. The van der Waals surface area contributed by atoms with Crippen molar-refractivity contribution < 1.29 is 19.5 Å². The summed E-state index contributed by atoms with van der Waals surface area (Å²) in [5.74, 6) is -1.91. The summed E-state index contributed by atoms with van der Waals surface area (Å²) in [5, 5.41) is 8.99. The lowest BCUT2D eigenvalue weighted by atomic mass is 9.97. The van der Waals surface area contributed by atoms with Crippen molar-refractivity contribution >= 4 is 17.7 Å². The number of benzene rings is 1. The van der Waals surface area contributed by atoms with Crippen molar-refractivity contribution in [2.75, 3.05) is 13.1 Å². The number of carboxylic acid groups (broad SMARTS) is 1. The molecule has 5 heteroatoms. The van der Waals surface area contributed by atoms with E-state index in [1.807, 2.05) is 0 Å². The van der Waals surface area contributed by atoms with Gasteiger partial charge in [0.15, 0.2) is 5.78 Å². The molecule has 0 spiro atoms. The predicted molar refractivity (Wildman–Crippen MR) is 72.3 cm³/mol. The van der Waals surface area contributed by atoms with Crippen LogP contribution in [0.3, 0.4) is 0 Å². The lowest BCUT2D eigenvalue weighted by Gasteiger charge is -2.30. The highest BCUT2D eigenvalue weighted by atomic mass is 16.4. The maximum absolute atomic E-state index is 12.1. The molecule has 1 amide bonds. The standard InChI is InChI=1S/C15H17NO4/c17-13(11-5-2-1-3-6-11)9-14(18)16-8-4-7-12(10-16)15(19)20/h1-3,5-6,12H,4,7-10H2,(H,19,20). The van der Waals surface area contributed by atoms with E-state index in [2.05, 4.69) is 0 Å². The zero-order valence-corrected chi connectivity index (χ0v) is 11.1. The Balaban J connectivity index is 1.95. The van der Waals surface area contributed by atoms with Gasteiger partial charge in [0, 0.05) is 18.7 Å². The molecule has 1 atom stereocenters. The fourth-order valence-corrected chi connectivity index (χ4v) is 2.38. The number of carbonyl (C=O) groups is 3. The number of carboxylic acids is 1. The van der Waals surface area contributed by atoms with Crippen LogP contribution in [0.5, 0.6) is 0 Å². The summed E-state index contributed by atoms with van der Waals surface area (Å²) < 4.78 is 0. The van der Waals surface area contributed by atoms with Gasteiger partial charge in [0.05, 0.1) is 12.3 Å². The molecule has 1 saturated heterocycles. The number of hydrogen-bond donors (Lipinski definition) is 1. The maximum atomic E-state index is 12.1. The first kappa shape index (κ1) is 14.2. The van der Waals surface area contributed by atoms with Crippen LogP contribution < -0.4 is 0 Å². The Morgan fingerprint density at radius 2 is 1.90 bits per heavy atom. The molecule has 1 unspecified atom stereocenters. The van der Waals surface area contributed by atoms with Gasteiger partial charge in [0.1, 0.15) is 0 Å². The average Bonchev–Trinajstić information content (AvgIpc) is 2.48. The fraction of sp³-hybridized carbons (Fsp3) is 0.400. The van der Waals surface area contributed by atoms with Crippen molar-refractivity contribution in [3.63, 3.8) is 0 Å². The van der Waals surface area contributed by atoms with Gasteiger partial charge in [-0.1, -0.05) is 30.3 Å². The molecular weight excluding hydrogens is 258 g/mol. The second-order valence-corrected chi connectivity index (χ2v) is 4.98. The lowest BCUT2D eigenvalue weighted by molar-refractivity contribution is -0.145. The summed E-state index contributed by atoms with van der Waals surface area (Å²) in [6.07, 6.45) is 1.06. The highest BCUT2D eigenvalue weighted by molar-refractivity contribution is 6.07. The predicted octanol–water partition coefficient (Wildman–Crippen LogP) is 1.58. The molecule has 0 radical (unpaired) electrons. The van der Waals surface area contributed by atoms with Gasteiger partial charge in [-0.3, -0.25) is 14.4 Å². The van der Waals surface area contributed by atoms with Gasteiger partial charge in [-0.05, 0) is 12.8 Å². The van der Waals surface area contributed by atoms with Crippen molar-refractivity contribution in [1.82, 2.24) is 4.90 Å². The van der Waals surface area contributed by atoms with Crippen LogP contribution in [-0.2, 0) is 9.59 Å². The topological polar surface area (TPSA) is 74.7 Å². The Morgan fingerprint density at radius 3 is 2.55 bits per heavy atom. The van der Waals surface area contributed by atoms with E-state index < -0.39 is 11.9 Å². The molecule has 2 rings (SSSR count). The highest BCUT2D eigenvalue weighted by Gasteiger charge is 2.28. The van der Waals surface area contributed by atoms with Crippen LogP contribution in [0.15, 0.2) is 30.3 Å². The highest BCUT2D eigenvalue weighted by Crippen LogP contribution is 2.18. The molecule has 1 heterocycles. The molecule has 0 bridgehead atoms. The molecule has 1 aliphatic heterocycles. The third kappa shape index (κ3) is 3.44. The monoisotopic (exact) mass is 275 g/mol. The Labute approximate surface area is 117 Å². The van der Waals surface area contributed by atoms with Gasteiger partial charge >= 0.3 is 5.97 Å². The normalized spacial score (nSPS) is 18.6. The first-order valence-electron chi connectivity index (χ1n) is 6.67. The molecule has 106 valence electrons. The van der Waals surface area contributed by atoms with Gasteiger partial charge in [-0.25, -0.2) is 0 Å². The third-order valence-corrected chi connectivity index (χ3v) is 3.53. The number of likely N-dealkylation sites (tertiary alicyclic amines) is 1. The van der Waals surface area contributed by atoms with E-state index in [1.165, 1.54) is 4.90 Å². The molecule has 1 fully saturated rings. The zero-order chi connectivity index (χ0) is 14.5. The summed E-state index contributed by atoms with van der Waals surface area (Å²) >= 11 is 0. The van der Waals surface area contributed by atoms with Crippen LogP contribution in [0.4, 0.5) is 0 Å². The second kappa shape index (κ2) is 6.32. The largest absolute Gasteiger partial charge is 0.481 e. The number of nitrogens with zero attached hydrogens (tertiary/aromatic N) is 1. The number of amides is 1. The number of aliphatic carboxylic acids is 1. The van der Waals surface area contributed by atoms with E-state index in [4.69, 9.17) is 5.11 Å². The van der Waals surface area contributed by atoms with Crippen molar-refractivity contribution in [2.45, 2.75) is 19.3 Å². The molecule has 5 nitrogen and oxygen atoms in total. The molecule has 0 aromatic heterocycles. The van der Waals surface area contributed by atoms with Crippen LogP contribution in [0.2, 0.25) is 0 Å². The van der Waals surface area contributed by atoms with Gasteiger partial charge in [0.25, 0.3) is 0 Å². The van der Waals surface area contributed by atoms with Crippen LogP contribution in [0.25, 0.3) is 0 Å². The van der Waals surface area contributed by atoms with Gasteiger partial charge in [-0.2, -0.15) is 0 Å². The van der Waals surface area contributed by atoms with E-state index in [1.54, 1.807) is 30.3 Å². The lowest BCUT2D eigenvalue weighted by Crippen LogP contribution is -2.42. The second-order valence-electron chi connectivity index (χ2n) is 4.98.